The summed E-state index contributed by atoms with van der Waals surface area (Å²) in [4.78, 5) is 10.9. The number of ether oxygens (including phenoxy) is 1. The number of carbonyl (C=O) groups is 1. The molecule has 0 bridgehead atoms. The van der Waals surface area contributed by atoms with Gasteiger partial charge in [0.2, 0.25) is 5.91 Å². The second-order valence-electron chi connectivity index (χ2n) is 5.04. The van der Waals surface area contributed by atoms with Gasteiger partial charge in [-0.2, -0.15) is 0 Å². The Kier molecular flexibility index (Phi) is 5.49. The summed E-state index contributed by atoms with van der Waals surface area (Å²) in [6.07, 6.45) is 0. The third kappa shape index (κ3) is 4.56. The topological polar surface area (TPSA) is 64.3 Å². The minimum Gasteiger partial charge on any atom is -0.486 e. The highest BCUT2D eigenvalue weighted by atomic mass is 19.1. The number of nitrogens with one attached hydrogen (secondary N) is 1. The minimum absolute atomic E-state index is 0.239. The van der Waals surface area contributed by atoms with Crippen LogP contribution in [-0.4, -0.2) is 11.9 Å². The van der Waals surface area contributed by atoms with E-state index in [0.29, 0.717) is 13.2 Å². The molecule has 1 atom stereocenters. The molecule has 4 nitrogen and oxygen atoms in total. The number of primary amides is 1. The first kappa shape index (κ1) is 16.0. The highest BCUT2D eigenvalue weighted by molar-refractivity contribution is 5.79. The largest absolute Gasteiger partial charge is 0.486 e. The predicted octanol–water partition coefficient (Wildman–Crippen LogP) is 2.37. The molecule has 22 heavy (non-hydrogen) atoms. The van der Waals surface area contributed by atoms with Crippen LogP contribution in [0.4, 0.5) is 4.39 Å². The number of hydrogen-bond acceptors (Lipinski definition) is 3. The average Bonchev–Trinajstić information content (AvgIpc) is 2.52. The van der Waals surface area contributed by atoms with Crippen LogP contribution in [0, 0.1) is 5.82 Å². The van der Waals surface area contributed by atoms with Crippen LogP contribution in [0.15, 0.2) is 48.5 Å². The first-order valence-corrected chi connectivity index (χ1v) is 7.04. The van der Waals surface area contributed by atoms with Crippen LogP contribution in [0.1, 0.15) is 18.1 Å². The fourth-order valence-corrected chi connectivity index (χ4v) is 1.85. The molecule has 0 spiro atoms. The Balaban J connectivity index is 1.87. The van der Waals surface area contributed by atoms with E-state index in [1.165, 1.54) is 6.07 Å². The summed E-state index contributed by atoms with van der Waals surface area (Å²) in [5, 5.41) is 3.03. The van der Waals surface area contributed by atoms with Gasteiger partial charge in [-0.1, -0.05) is 36.4 Å². The molecule has 1 amide bonds. The van der Waals surface area contributed by atoms with E-state index in [9.17, 15) is 9.18 Å². The Bertz CT molecular complexity index is 629. The molecular formula is C17H19FN2O2. The molecule has 3 N–H and O–H groups in total. The van der Waals surface area contributed by atoms with Crippen molar-refractivity contribution < 1.29 is 13.9 Å². The van der Waals surface area contributed by atoms with Crippen molar-refractivity contribution in [3.63, 3.8) is 0 Å². The lowest BCUT2D eigenvalue weighted by molar-refractivity contribution is -0.119. The van der Waals surface area contributed by atoms with Crippen LogP contribution >= 0.6 is 0 Å². The molecular weight excluding hydrogens is 283 g/mol. The summed E-state index contributed by atoms with van der Waals surface area (Å²) >= 11 is 0. The summed E-state index contributed by atoms with van der Waals surface area (Å²) in [6.45, 7) is 2.57. The van der Waals surface area contributed by atoms with Crippen molar-refractivity contribution in [3.05, 3.63) is 65.5 Å². The fraction of sp³-hybridized carbons (Fsp3) is 0.235. The molecule has 0 aromatic heterocycles. The molecule has 0 unspecified atom stereocenters. The Labute approximate surface area is 129 Å². The van der Waals surface area contributed by atoms with Gasteiger partial charge in [-0.15, -0.1) is 0 Å². The average molecular weight is 302 g/mol. The van der Waals surface area contributed by atoms with Crippen LogP contribution in [0.5, 0.6) is 5.75 Å². The Morgan fingerprint density at radius 1 is 1.18 bits per heavy atom. The van der Waals surface area contributed by atoms with Gasteiger partial charge in [-0.25, -0.2) is 4.39 Å². The van der Waals surface area contributed by atoms with Gasteiger partial charge in [0.05, 0.1) is 6.04 Å². The normalized spacial score (nSPS) is 11.9. The van der Waals surface area contributed by atoms with Crippen molar-refractivity contribution in [1.82, 2.24) is 5.32 Å². The predicted molar refractivity (Wildman–Crippen MR) is 82.7 cm³/mol. The number of benzene rings is 2. The highest BCUT2D eigenvalue weighted by Gasteiger charge is 2.07. The molecule has 0 aliphatic heterocycles. The van der Waals surface area contributed by atoms with E-state index >= 15 is 0 Å². The smallest absolute Gasteiger partial charge is 0.234 e. The molecule has 5 heteroatoms. The molecule has 0 saturated heterocycles. The van der Waals surface area contributed by atoms with E-state index in [2.05, 4.69) is 5.32 Å². The summed E-state index contributed by atoms with van der Waals surface area (Å²) < 4.78 is 18.9. The molecule has 0 aliphatic rings. The second kappa shape index (κ2) is 7.56. The first-order valence-electron chi connectivity index (χ1n) is 7.04. The lowest BCUT2D eigenvalue weighted by Gasteiger charge is -2.11. The number of nitrogens with two attached hydrogens (primary N) is 1. The van der Waals surface area contributed by atoms with Gasteiger partial charge in [0.1, 0.15) is 6.61 Å². The zero-order chi connectivity index (χ0) is 15.9. The van der Waals surface area contributed by atoms with E-state index in [4.69, 9.17) is 10.5 Å². The van der Waals surface area contributed by atoms with Gasteiger partial charge in [0.25, 0.3) is 0 Å². The maximum Gasteiger partial charge on any atom is 0.234 e. The first-order chi connectivity index (χ1) is 10.6. The van der Waals surface area contributed by atoms with E-state index in [1.807, 2.05) is 24.3 Å². The van der Waals surface area contributed by atoms with E-state index in [-0.39, 0.29) is 23.5 Å². The molecule has 2 aromatic rings. The van der Waals surface area contributed by atoms with Gasteiger partial charge >= 0.3 is 0 Å². The molecule has 0 heterocycles. The monoisotopic (exact) mass is 302 g/mol. The maximum absolute atomic E-state index is 13.4. The van der Waals surface area contributed by atoms with Gasteiger partial charge < -0.3 is 15.8 Å². The molecule has 116 valence electrons. The van der Waals surface area contributed by atoms with E-state index in [1.54, 1.807) is 25.1 Å². The summed E-state index contributed by atoms with van der Waals surface area (Å²) in [6, 6.07) is 13.6. The number of rotatable bonds is 7. The van der Waals surface area contributed by atoms with E-state index in [0.717, 1.165) is 11.1 Å². The molecule has 0 fully saturated rings. The third-order valence-corrected chi connectivity index (χ3v) is 3.29. The Morgan fingerprint density at radius 3 is 2.45 bits per heavy atom. The number of amides is 1. The number of carbonyl (C=O) groups excluding carboxylic acids is 1. The zero-order valence-corrected chi connectivity index (χ0v) is 12.4. The van der Waals surface area contributed by atoms with Crippen LogP contribution in [-0.2, 0) is 17.9 Å². The summed E-state index contributed by atoms with van der Waals surface area (Å²) in [7, 11) is 0. The Morgan fingerprint density at radius 2 is 1.82 bits per heavy atom. The number of para-hydroxylation sites is 1. The third-order valence-electron chi connectivity index (χ3n) is 3.29. The highest BCUT2D eigenvalue weighted by Crippen LogP contribution is 2.17. The van der Waals surface area contributed by atoms with Crippen LogP contribution in [0.2, 0.25) is 0 Å². The second-order valence-corrected chi connectivity index (χ2v) is 5.04. The van der Waals surface area contributed by atoms with Crippen molar-refractivity contribution >= 4 is 5.91 Å². The SMILES string of the molecule is C[C@H](NCc1ccc(COc2ccccc2F)cc1)C(N)=O. The Hall–Kier alpha value is -2.40. The van der Waals surface area contributed by atoms with Gasteiger partial charge in [-0.05, 0) is 30.2 Å². The quantitative estimate of drug-likeness (QED) is 0.825. The van der Waals surface area contributed by atoms with Crippen LogP contribution < -0.4 is 15.8 Å². The van der Waals surface area contributed by atoms with Gasteiger partial charge in [-0.3, -0.25) is 4.79 Å². The lowest BCUT2D eigenvalue weighted by atomic mass is 10.1. The van der Waals surface area contributed by atoms with Crippen molar-refractivity contribution in [3.8, 4) is 5.75 Å². The standard InChI is InChI=1S/C17H19FN2O2/c1-12(17(19)21)20-10-13-6-8-14(9-7-13)11-22-16-5-3-2-4-15(16)18/h2-9,12,20H,10-11H2,1H3,(H2,19,21)/t12-/m0/s1. The van der Waals surface area contributed by atoms with Crippen molar-refractivity contribution in [2.45, 2.75) is 26.1 Å². The maximum atomic E-state index is 13.4. The van der Waals surface area contributed by atoms with Crippen molar-refractivity contribution in [1.29, 1.82) is 0 Å². The number of halogens is 1. The molecule has 0 aliphatic carbocycles. The lowest BCUT2D eigenvalue weighted by Crippen LogP contribution is -2.38. The minimum atomic E-state index is -0.380. The summed E-state index contributed by atoms with van der Waals surface area (Å²) in [5.74, 6) is -0.512. The van der Waals surface area contributed by atoms with Gasteiger partial charge in [0.15, 0.2) is 11.6 Å². The van der Waals surface area contributed by atoms with Crippen LogP contribution in [0.3, 0.4) is 0 Å². The zero-order valence-electron chi connectivity index (χ0n) is 12.4. The van der Waals surface area contributed by atoms with Crippen molar-refractivity contribution in [2.24, 2.45) is 5.73 Å². The summed E-state index contributed by atoms with van der Waals surface area (Å²) in [5.41, 5.74) is 7.15. The number of hydrogen-bond donors (Lipinski definition) is 2. The van der Waals surface area contributed by atoms with Crippen molar-refractivity contribution in [2.75, 3.05) is 0 Å². The van der Waals surface area contributed by atoms with E-state index < -0.39 is 0 Å². The van der Waals surface area contributed by atoms with Gasteiger partial charge in [0, 0.05) is 6.54 Å². The molecule has 0 radical (unpaired) electrons. The molecule has 0 saturated carbocycles. The molecule has 2 aromatic carbocycles. The fourth-order valence-electron chi connectivity index (χ4n) is 1.85. The molecule has 2 rings (SSSR count). The van der Waals surface area contributed by atoms with Crippen LogP contribution in [0.25, 0.3) is 0 Å².